The van der Waals surface area contributed by atoms with E-state index in [2.05, 4.69) is 48.6 Å². The minimum absolute atomic E-state index is 0.0762. The van der Waals surface area contributed by atoms with Crippen molar-refractivity contribution in [2.75, 3.05) is 6.54 Å². The summed E-state index contributed by atoms with van der Waals surface area (Å²) in [4.78, 5) is 12.3. The molecule has 1 aliphatic rings. The zero-order valence-corrected chi connectivity index (χ0v) is 11.7. The molecule has 2 aromatic carbocycles. The van der Waals surface area contributed by atoms with Crippen molar-refractivity contribution in [2.45, 2.75) is 25.2 Å². The summed E-state index contributed by atoms with van der Waals surface area (Å²) in [5, 5.41) is 3.00. The van der Waals surface area contributed by atoms with Crippen molar-refractivity contribution in [3.05, 3.63) is 71.3 Å². The number of amides is 1. The Morgan fingerprint density at radius 3 is 2.35 bits per heavy atom. The van der Waals surface area contributed by atoms with Crippen molar-refractivity contribution in [3.8, 4) is 0 Å². The Morgan fingerprint density at radius 1 is 0.950 bits per heavy atom. The van der Waals surface area contributed by atoms with Gasteiger partial charge in [-0.25, -0.2) is 0 Å². The van der Waals surface area contributed by atoms with Crippen LogP contribution in [0.2, 0.25) is 0 Å². The molecule has 2 aromatic rings. The van der Waals surface area contributed by atoms with Gasteiger partial charge in [-0.05, 0) is 24.5 Å². The lowest BCUT2D eigenvalue weighted by atomic mass is 9.77. The molecule has 0 unspecified atom stereocenters. The van der Waals surface area contributed by atoms with E-state index in [0.717, 1.165) is 18.5 Å². The summed E-state index contributed by atoms with van der Waals surface area (Å²) in [7, 11) is 0. The highest BCUT2D eigenvalue weighted by molar-refractivity contribution is 5.85. The first-order valence-electron chi connectivity index (χ1n) is 7.15. The quantitative estimate of drug-likeness (QED) is 0.886. The molecule has 0 saturated carbocycles. The van der Waals surface area contributed by atoms with Gasteiger partial charge in [-0.1, -0.05) is 60.2 Å². The van der Waals surface area contributed by atoms with Crippen molar-refractivity contribution >= 4 is 5.91 Å². The van der Waals surface area contributed by atoms with E-state index in [0.29, 0.717) is 0 Å². The van der Waals surface area contributed by atoms with Gasteiger partial charge in [0.1, 0.15) is 0 Å². The van der Waals surface area contributed by atoms with Crippen molar-refractivity contribution < 1.29 is 4.79 Å². The zero-order valence-electron chi connectivity index (χ0n) is 11.7. The summed E-state index contributed by atoms with van der Waals surface area (Å²) in [5.41, 5.74) is 3.62. The Morgan fingerprint density at radius 2 is 1.65 bits per heavy atom. The molecule has 102 valence electrons. The van der Waals surface area contributed by atoms with E-state index in [-0.39, 0.29) is 17.7 Å². The molecule has 1 N–H and O–H groups in total. The Labute approximate surface area is 119 Å². The van der Waals surface area contributed by atoms with E-state index in [1.807, 2.05) is 18.2 Å². The average molecular weight is 265 g/mol. The largest absolute Gasteiger partial charge is 0.356 e. The molecule has 0 bridgehead atoms. The van der Waals surface area contributed by atoms with Crippen molar-refractivity contribution in [3.63, 3.8) is 0 Å². The van der Waals surface area contributed by atoms with Crippen molar-refractivity contribution in [1.82, 2.24) is 5.32 Å². The SMILES string of the molecule is Cc1ccc([C@H]2CCNC(=O)[C@H]2c2ccccc2)cc1. The standard InChI is InChI=1S/C18H19NO/c1-13-7-9-14(10-8-13)16-11-12-19-18(20)17(16)15-5-3-2-4-6-15/h2-10,16-17H,11-12H2,1H3,(H,19,20)/t16-,17+/m1/s1. The lowest BCUT2D eigenvalue weighted by Crippen LogP contribution is -2.39. The van der Waals surface area contributed by atoms with Crippen LogP contribution < -0.4 is 5.32 Å². The number of piperidine rings is 1. The number of carbonyl (C=O) groups excluding carboxylic acids is 1. The first kappa shape index (κ1) is 12.9. The van der Waals surface area contributed by atoms with Gasteiger partial charge in [-0.15, -0.1) is 0 Å². The van der Waals surface area contributed by atoms with Crippen LogP contribution in [0.1, 0.15) is 34.9 Å². The fourth-order valence-corrected chi connectivity index (χ4v) is 3.03. The van der Waals surface area contributed by atoms with Gasteiger partial charge in [0, 0.05) is 12.5 Å². The fraction of sp³-hybridized carbons (Fsp3) is 0.278. The number of benzene rings is 2. The summed E-state index contributed by atoms with van der Waals surface area (Å²) in [5.74, 6) is 0.340. The normalized spacial score (nSPS) is 22.4. The third-order valence-corrected chi connectivity index (χ3v) is 4.10. The molecule has 1 fully saturated rings. The van der Waals surface area contributed by atoms with Crippen LogP contribution in [0.25, 0.3) is 0 Å². The predicted molar refractivity (Wildman–Crippen MR) is 80.7 cm³/mol. The van der Waals surface area contributed by atoms with E-state index in [1.165, 1.54) is 11.1 Å². The third-order valence-electron chi connectivity index (χ3n) is 4.10. The number of hydrogen-bond acceptors (Lipinski definition) is 1. The highest BCUT2D eigenvalue weighted by atomic mass is 16.1. The highest BCUT2D eigenvalue weighted by Crippen LogP contribution is 2.37. The summed E-state index contributed by atoms with van der Waals surface area (Å²) < 4.78 is 0. The molecule has 0 spiro atoms. The van der Waals surface area contributed by atoms with Crippen LogP contribution in [0.15, 0.2) is 54.6 Å². The van der Waals surface area contributed by atoms with Gasteiger partial charge in [0.05, 0.1) is 5.92 Å². The van der Waals surface area contributed by atoms with Crippen molar-refractivity contribution in [2.24, 2.45) is 0 Å². The molecule has 0 aliphatic carbocycles. The Kier molecular flexibility index (Phi) is 3.55. The molecule has 1 heterocycles. The van der Waals surface area contributed by atoms with Crippen LogP contribution in [-0.2, 0) is 4.79 Å². The summed E-state index contributed by atoms with van der Waals surface area (Å²) in [6.45, 7) is 2.85. The van der Waals surface area contributed by atoms with E-state index < -0.39 is 0 Å². The molecule has 20 heavy (non-hydrogen) atoms. The number of aryl methyl sites for hydroxylation is 1. The van der Waals surface area contributed by atoms with Crippen LogP contribution in [0, 0.1) is 6.92 Å². The topological polar surface area (TPSA) is 29.1 Å². The maximum absolute atomic E-state index is 12.3. The number of hydrogen-bond donors (Lipinski definition) is 1. The van der Waals surface area contributed by atoms with Gasteiger partial charge in [0.15, 0.2) is 0 Å². The van der Waals surface area contributed by atoms with E-state index >= 15 is 0 Å². The molecule has 2 nitrogen and oxygen atoms in total. The lowest BCUT2D eigenvalue weighted by Gasteiger charge is -2.32. The maximum atomic E-state index is 12.3. The van der Waals surface area contributed by atoms with Crippen LogP contribution in [0.3, 0.4) is 0 Å². The molecular formula is C18H19NO. The second-order valence-corrected chi connectivity index (χ2v) is 5.49. The van der Waals surface area contributed by atoms with Crippen LogP contribution in [0.4, 0.5) is 0 Å². The second-order valence-electron chi connectivity index (χ2n) is 5.49. The van der Waals surface area contributed by atoms with Crippen molar-refractivity contribution in [1.29, 1.82) is 0 Å². The molecule has 1 saturated heterocycles. The maximum Gasteiger partial charge on any atom is 0.228 e. The molecular weight excluding hydrogens is 246 g/mol. The summed E-state index contributed by atoms with van der Waals surface area (Å²) in [6.07, 6.45) is 0.994. The first-order valence-corrected chi connectivity index (χ1v) is 7.15. The van der Waals surface area contributed by atoms with E-state index in [9.17, 15) is 4.79 Å². The molecule has 1 aliphatic heterocycles. The summed E-state index contributed by atoms with van der Waals surface area (Å²) >= 11 is 0. The Hall–Kier alpha value is -2.09. The average Bonchev–Trinajstić information content (AvgIpc) is 2.49. The molecule has 0 radical (unpaired) electrons. The third kappa shape index (κ3) is 2.46. The predicted octanol–water partition coefficient (Wildman–Crippen LogP) is 3.38. The van der Waals surface area contributed by atoms with Crippen LogP contribution in [0.5, 0.6) is 0 Å². The number of rotatable bonds is 2. The van der Waals surface area contributed by atoms with E-state index in [4.69, 9.17) is 0 Å². The van der Waals surface area contributed by atoms with Gasteiger partial charge in [0.25, 0.3) is 0 Å². The monoisotopic (exact) mass is 265 g/mol. The zero-order chi connectivity index (χ0) is 13.9. The highest BCUT2D eigenvalue weighted by Gasteiger charge is 2.33. The minimum Gasteiger partial charge on any atom is -0.356 e. The fourth-order valence-electron chi connectivity index (χ4n) is 3.03. The Bertz CT molecular complexity index is 589. The van der Waals surface area contributed by atoms with Gasteiger partial charge >= 0.3 is 0 Å². The summed E-state index contributed by atoms with van der Waals surface area (Å²) in [6, 6.07) is 18.7. The van der Waals surface area contributed by atoms with Gasteiger partial charge in [-0.2, -0.15) is 0 Å². The molecule has 2 heteroatoms. The lowest BCUT2D eigenvalue weighted by molar-refractivity contribution is -0.124. The number of carbonyl (C=O) groups is 1. The first-order chi connectivity index (χ1) is 9.75. The molecule has 0 aromatic heterocycles. The van der Waals surface area contributed by atoms with Crippen LogP contribution >= 0.6 is 0 Å². The Balaban J connectivity index is 1.98. The van der Waals surface area contributed by atoms with Crippen LogP contribution in [-0.4, -0.2) is 12.5 Å². The minimum atomic E-state index is -0.0762. The molecule has 1 amide bonds. The number of nitrogens with one attached hydrogen (secondary N) is 1. The van der Waals surface area contributed by atoms with Gasteiger partial charge in [0.2, 0.25) is 5.91 Å². The molecule has 3 rings (SSSR count). The van der Waals surface area contributed by atoms with E-state index in [1.54, 1.807) is 0 Å². The molecule has 2 atom stereocenters. The smallest absolute Gasteiger partial charge is 0.228 e. The van der Waals surface area contributed by atoms with Gasteiger partial charge in [-0.3, -0.25) is 4.79 Å². The van der Waals surface area contributed by atoms with Gasteiger partial charge < -0.3 is 5.32 Å². The second kappa shape index (κ2) is 5.49.